The van der Waals surface area contributed by atoms with Crippen molar-refractivity contribution in [2.75, 3.05) is 18.1 Å². The first-order chi connectivity index (χ1) is 16.7. The Bertz CT molecular complexity index is 1420. The lowest BCUT2D eigenvalue weighted by molar-refractivity contribution is -0.138. The Labute approximate surface area is 203 Å². The lowest BCUT2D eigenvalue weighted by Gasteiger charge is -2.33. The summed E-state index contributed by atoms with van der Waals surface area (Å²) in [5.41, 5.74) is 0.0129. The van der Waals surface area contributed by atoms with E-state index in [2.05, 4.69) is 5.10 Å². The number of ether oxygens (including phenoxy) is 1. The van der Waals surface area contributed by atoms with Crippen molar-refractivity contribution in [1.29, 1.82) is 0 Å². The second-order valence-corrected chi connectivity index (χ2v) is 10.9. The standard InChI is InChI=1S/C25H27N3O6S/c1-3-17(2)27(19-13-14-35(32,33)16-19)22(29)15-34-25(31)23-20-11-7-8-12-21(20)24(30)28(26-23)18-9-5-4-6-10-18/h4-12,17,19H,3,13-16H2,1-2H3/t17-,19+/m0/s1. The number of nitrogens with zero attached hydrogens (tertiary/aromatic N) is 3. The smallest absolute Gasteiger partial charge is 0.359 e. The van der Waals surface area contributed by atoms with Gasteiger partial charge in [0.15, 0.2) is 22.1 Å². The van der Waals surface area contributed by atoms with E-state index in [1.165, 1.54) is 4.90 Å². The van der Waals surface area contributed by atoms with Crippen LogP contribution < -0.4 is 5.56 Å². The van der Waals surface area contributed by atoms with Crippen LogP contribution in [0.25, 0.3) is 16.5 Å². The zero-order chi connectivity index (χ0) is 25.2. The monoisotopic (exact) mass is 497 g/mol. The predicted molar refractivity (Wildman–Crippen MR) is 131 cm³/mol. The van der Waals surface area contributed by atoms with E-state index in [0.29, 0.717) is 29.3 Å². The lowest BCUT2D eigenvalue weighted by atomic mass is 10.1. The van der Waals surface area contributed by atoms with Crippen molar-refractivity contribution in [3.8, 4) is 5.69 Å². The number of esters is 1. The predicted octanol–water partition coefficient (Wildman–Crippen LogP) is 2.36. The Kier molecular flexibility index (Phi) is 7.02. The molecule has 0 radical (unpaired) electrons. The number of amides is 1. The van der Waals surface area contributed by atoms with Gasteiger partial charge in [0.05, 0.1) is 22.6 Å². The fraction of sp³-hybridized carbons (Fsp3) is 0.360. The fourth-order valence-electron chi connectivity index (χ4n) is 4.36. The number of carbonyl (C=O) groups is 2. The highest BCUT2D eigenvalue weighted by atomic mass is 32.2. The highest BCUT2D eigenvalue weighted by Gasteiger charge is 2.37. The molecule has 0 unspecified atom stereocenters. The third-order valence-electron chi connectivity index (χ3n) is 6.28. The number of para-hydroxylation sites is 1. The van der Waals surface area contributed by atoms with Gasteiger partial charge in [-0.05, 0) is 38.0 Å². The summed E-state index contributed by atoms with van der Waals surface area (Å²) in [5.74, 6) is -1.36. The number of sulfone groups is 1. The first-order valence-corrected chi connectivity index (χ1v) is 13.3. The van der Waals surface area contributed by atoms with Crippen molar-refractivity contribution < 1.29 is 22.7 Å². The van der Waals surface area contributed by atoms with Crippen LogP contribution in [0.15, 0.2) is 59.4 Å². The van der Waals surface area contributed by atoms with E-state index >= 15 is 0 Å². The molecule has 1 aliphatic rings. The summed E-state index contributed by atoms with van der Waals surface area (Å²) < 4.78 is 30.4. The van der Waals surface area contributed by atoms with Crippen molar-refractivity contribution in [2.45, 2.75) is 38.8 Å². The third kappa shape index (κ3) is 5.12. The van der Waals surface area contributed by atoms with Crippen LogP contribution in [-0.2, 0) is 19.4 Å². The fourth-order valence-corrected chi connectivity index (χ4v) is 6.07. The number of benzene rings is 2. The maximum Gasteiger partial charge on any atom is 0.359 e. The maximum atomic E-state index is 13.1. The summed E-state index contributed by atoms with van der Waals surface area (Å²) >= 11 is 0. The highest BCUT2D eigenvalue weighted by Crippen LogP contribution is 2.22. The molecule has 1 aliphatic heterocycles. The maximum absolute atomic E-state index is 13.1. The van der Waals surface area contributed by atoms with E-state index in [-0.39, 0.29) is 28.8 Å². The zero-order valence-corrected chi connectivity index (χ0v) is 20.4. The molecule has 0 N–H and O–H groups in total. The van der Waals surface area contributed by atoms with E-state index in [9.17, 15) is 22.8 Å². The topological polar surface area (TPSA) is 116 Å². The number of hydrogen-bond acceptors (Lipinski definition) is 7. The zero-order valence-electron chi connectivity index (χ0n) is 19.6. The molecule has 1 fully saturated rings. The van der Waals surface area contributed by atoms with Gasteiger partial charge in [-0.25, -0.2) is 13.2 Å². The average Bonchev–Trinajstić information content (AvgIpc) is 3.22. The number of fused-ring (bicyclic) bond motifs is 1. The Morgan fingerprint density at radius 1 is 1.11 bits per heavy atom. The van der Waals surface area contributed by atoms with Crippen LogP contribution in [0.5, 0.6) is 0 Å². The molecule has 10 heteroatoms. The van der Waals surface area contributed by atoms with Crippen molar-refractivity contribution in [1.82, 2.24) is 14.7 Å². The molecular formula is C25H27N3O6S. The molecule has 9 nitrogen and oxygen atoms in total. The molecule has 1 aromatic heterocycles. The van der Waals surface area contributed by atoms with Gasteiger partial charge >= 0.3 is 5.97 Å². The molecule has 35 heavy (non-hydrogen) atoms. The molecule has 184 valence electrons. The third-order valence-corrected chi connectivity index (χ3v) is 8.03. The van der Waals surface area contributed by atoms with E-state index < -0.39 is 34.4 Å². The van der Waals surface area contributed by atoms with Crippen molar-refractivity contribution >= 4 is 32.5 Å². The van der Waals surface area contributed by atoms with Gasteiger partial charge < -0.3 is 9.64 Å². The average molecular weight is 498 g/mol. The first-order valence-electron chi connectivity index (χ1n) is 11.5. The van der Waals surface area contributed by atoms with Crippen LogP contribution in [0.1, 0.15) is 37.2 Å². The minimum Gasteiger partial charge on any atom is -0.451 e. The second kappa shape index (κ2) is 9.99. The molecule has 4 rings (SSSR count). The van der Waals surface area contributed by atoms with Crippen LogP contribution in [0, 0.1) is 0 Å². The summed E-state index contributed by atoms with van der Waals surface area (Å²) in [6.45, 7) is 3.19. The molecule has 3 aromatic rings. The Hall–Kier alpha value is -3.53. The minimum atomic E-state index is -3.19. The normalized spacial score (nSPS) is 17.7. The quantitative estimate of drug-likeness (QED) is 0.460. The first kappa shape index (κ1) is 24.6. The summed E-state index contributed by atoms with van der Waals surface area (Å²) in [5, 5.41) is 4.88. The number of rotatable bonds is 7. The SMILES string of the molecule is CC[C@H](C)N(C(=O)COC(=O)c1nn(-c2ccccc2)c(=O)c2ccccc12)[C@@H]1CCS(=O)(=O)C1. The Balaban J connectivity index is 1.62. The van der Waals surface area contributed by atoms with Crippen molar-refractivity contribution in [3.05, 3.63) is 70.6 Å². The Morgan fingerprint density at radius 2 is 1.77 bits per heavy atom. The molecule has 0 saturated carbocycles. The van der Waals surface area contributed by atoms with Crippen LogP contribution in [0.3, 0.4) is 0 Å². The van der Waals surface area contributed by atoms with Gasteiger partial charge in [-0.3, -0.25) is 9.59 Å². The van der Waals surface area contributed by atoms with E-state index in [4.69, 9.17) is 4.74 Å². The summed E-state index contributed by atoms with van der Waals surface area (Å²) in [4.78, 5) is 40.7. The Morgan fingerprint density at radius 3 is 2.40 bits per heavy atom. The van der Waals surface area contributed by atoms with E-state index in [1.807, 2.05) is 13.8 Å². The van der Waals surface area contributed by atoms with E-state index in [1.54, 1.807) is 54.6 Å². The van der Waals surface area contributed by atoms with Crippen LogP contribution in [-0.4, -0.2) is 65.2 Å². The molecule has 2 atom stereocenters. The molecule has 0 bridgehead atoms. The van der Waals surface area contributed by atoms with Gasteiger partial charge in [-0.15, -0.1) is 0 Å². The molecular weight excluding hydrogens is 470 g/mol. The molecule has 2 aromatic carbocycles. The second-order valence-electron chi connectivity index (χ2n) is 8.64. The largest absolute Gasteiger partial charge is 0.451 e. The summed E-state index contributed by atoms with van der Waals surface area (Å²) in [6, 6.07) is 14.6. The van der Waals surface area contributed by atoms with Crippen molar-refractivity contribution in [2.24, 2.45) is 0 Å². The van der Waals surface area contributed by atoms with Gasteiger partial charge in [-0.1, -0.05) is 43.3 Å². The number of hydrogen-bond donors (Lipinski definition) is 0. The van der Waals surface area contributed by atoms with Gasteiger partial charge in [0.2, 0.25) is 0 Å². The van der Waals surface area contributed by atoms with Gasteiger partial charge in [0.25, 0.3) is 11.5 Å². The van der Waals surface area contributed by atoms with Gasteiger partial charge in [0, 0.05) is 17.5 Å². The molecule has 0 spiro atoms. The molecule has 1 saturated heterocycles. The van der Waals surface area contributed by atoms with Gasteiger partial charge in [0.1, 0.15) is 0 Å². The minimum absolute atomic E-state index is 0.0363. The van der Waals surface area contributed by atoms with Crippen LogP contribution in [0.2, 0.25) is 0 Å². The number of aromatic nitrogens is 2. The summed E-state index contributed by atoms with van der Waals surface area (Å²) in [6.07, 6.45) is 0.991. The van der Waals surface area contributed by atoms with Crippen LogP contribution in [0.4, 0.5) is 0 Å². The highest BCUT2D eigenvalue weighted by molar-refractivity contribution is 7.91. The molecule has 0 aliphatic carbocycles. The molecule has 2 heterocycles. The van der Waals surface area contributed by atoms with Crippen LogP contribution >= 0.6 is 0 Å². The van der Waals surface area contributed by atoms with Crippen molar-refractivity contribution in [3.63, 3.8) is 0 Å². The van der Waals surface area contributed by atoms with Gasteiger partial charge in [-0.2, -0.15) is 9.78 Å². The molecule has 1 amide bonds. The summed E-state index contributed by atoms with van der Waals surface area (Å²) in [7, 11) is -3.19. The van der Waals surface area contributed by atoms with E-state index in [0.717, 1.165) is 4.68 Å². The lowest BCUT2D eigenvalue weighted by Crippen LogP contribution is -2.48. The number of carbonyl (C=O) groups excluding carboxylic acids is 2.